The van der Waals surface area contributed by atoms with E-state index in [2.05, 4.69) is 25.8 Å². The minimum atomic E-state index is -0.0805. The Bertz CT molecular complexity index is 648. The smallest absolute Gasteiger partial charge is 0.193 e. The largest absolute Gasteiger partial charge is 0.496 e. The molecule has 3 heteroatoms. The number of fused-ring (bicyclic) bond motifs is 1. The van der Waals surface area contributed by atoms with Crippen molar-refractivity contribution >= 4 is 10.9 Å². The van der Waals surface area contributed by atoms with Crippen molar-refractivity contribution in [3.8, 4) is 5.75 Å². The molecule has 0 aliphatic heterocycles. The Hall–Kier alpha value is -1.77. The minimum Gasteiger partial charge on any atom is -0.496 e. The lowest BCUT2D eigenvalue weighted by Crippen LogP contribution is -2.18. The first-order valence-electron chi connectivity index (χ1n) is 6.05. The maximum Gasteiger partial charge on any atom is 0.193 e. The predicted octanol–water partition coefficient (Wildman–Crippen LogP) is 3.14. The number of benzene rings is 1. The van der Waals surface area contributed by atoms with E-state index in [0.29, 0.717) is 11.1 Å². The van der Waals surface area contributed by atoms with E-state index in [0.717, 1.165) is 16.8 Å². The van der Waals surface area contributed by atoms with E-state index >= 15 is 0 Å². The summed E-state index contributed by atoms with van der Waals surface area (Å²) in [5.74, 6) is 0.623. The Kier molecular flexibility index (Phi) is 2.93. The number of aromatic amines is 1. The number of hydrogen-bond donors (Lipinski definition) is 1. The molecule has 96 valence electrons. The fourth-order valence-corrected chi connectivity index (χ4v) is 2.04. The van der Waals surface area contributed by atoms with Gasteiger partial charge in [-0.25, -0.2) is 0 Å². The van der Waals surface area contributed by atoms with E-state index in [1.807, 2.05) is 19.1 Å². The van der Waals surface area contributed by atoms with Crippen LogP contribution in [0.15, 0.2) is 23.0 Å². The van der Waals surface area contributed by atoms with Crippen molar-refractivity contribution in [3.63, 3.8) is 0 Å². The Morgan fingerprint density at radius 2 is 1.89 bits per heavy atom. The fourth-order valence-electron chi connectivity index (χ4n) is 2.04. The number of aryl methyl sites for hydroxylation is 1. The van der Waals surface area contributed by atoms with Crippen LogP contribution in [0.2, 0.25) is 0 Å². The molecule has 2 rings (SSSR count). The van der Waals surface area contributed by atoms with Gasteiger partial charge in [0.2, 0.25) is 0 Å². The molecule has 0 fully saturated rings. The molecule has 1 heterocycles. The van der Waals surface area contributed by atoms with Crippen LogP contribution in [-0.2, 0) is 5.41 Å². The summed E-state index contributed by atoms with van der Waals surface area (Å²) in [4.78, 5) is 15.6. The topological polar surface area (TPSA) is 42.1 Å². The quantitative estimate of drug-likeness (QED) is 0.838. The highest BCUT2D eigenvalue weighted by molar-refractivity contribution is 5.87. The van der Waals surface area contributed by atoms with Crippen LogP contribution in [-0.4, -0.2) is 12.1 Å². The molecular formula is C15H19NO2. The van der Waals surface area contributed by atoms with Gasteiger partial charge in [0.15, 0.2) is 5.43 Å². The van der Waals surface area contributed by atoms with Crippen molar-refractivity contribution in [2.75, 3.05) is 7.11 Å². The molecule has 18 heavy (non-hydrogen) atoms. The van der Waals surface area contributed by atoms with E-state index in [1.54, 1.807) is 13.2 Å². The van der Waals surface area contributed by atoms with Crippen molar-refractivity contribution in [1.82, 2.24) is 4.98 Å². The molecule has 0 saturated heterocycles. The first-order valence-corrected chi connectivity index (χ1v) is 6.05. The summed E-state index contributed by atoms with van der Waals surface area (Å²) >= 11 is 0. The summed E-state index contributed by atoms with van der Waals surface area (Å²) in [5, 5.41) is 0.630. The Morgan fingerprint density at radius 3 is 2.44 bits per heavy atom. The molecule has 0 saturated carbocycles. The molecule has 0 amide bonds. The highest BCUT2D eigenvalue weighted by atomic mass is 16.5. The SMILES string of the molecule is COc1ccc(C)c2[nH]c(C(C)(C)C)cc(=O)c12. The molecule has 0 radical (unpaired) electrons. The first-order chi connectivity index (χ1) is 8.34. The molecule has 0 spiro atoms. The van der Waals surface area contributed by atoms with Crippen LogP contribution in [0.25, 0.3) is 10.9 Å². The Morgan fingerprint density at radius 1 is 1.22 bits per heavy atom. The zero-order valence-corrected chi connectivity index (χ0v) is 11.5. The zero-order chi connectivity index (χ0) is 13.5. The number of ether oxygens (including phenoxy) is 1. The van der Waals surface area contributed by atoms with Crippen molar-refractivity contribution in [2.24, 2.45) is 0 Å². The Balaban J connectivity index is 2.90. The lowest BCUT2D eigenvalue weighted by atomic mass is 9.91. The monoisotopic (exact) mass is 245 g/mol. The van der Waals surface area contributed by atoms with Crippen LogP contribution in [0.4, 0.5) is 0 Å². The number of H-pyrrole nitrogens is 1. The molecule has 1 aromatic carbocycles. The van der Waals surface area contributed by atoms with Gasteiger partial charge in [0.1, 0.15) is 5.75 Å². The van der Waals surface area contributed by atoms with Gasteiger partial charge < -0.3 is 9.72 Å². The summed E-state index contributed by atoms with van der Waals surface area (Å²) in [6, 6.07) is 5.47. The van der Waals surface area contributed by atoms with E-state index in [-0.39, 0.29) is 10.8 Å². The molecule has 1 aromatic heterocycles. The van der Waals surface area contributed by atoms with E-state index in [9.17, 15) is 4.79 Å². The van der Waals surface area contributed by atoms with Crippen LogP contribution in [0, 0.1) is 6.92 Å². The maximum atomic E-state index is 12.3. The highest BCUT2D eigenvalue weighted by Gasteiger charge is 2.18. The van der Waals surface area contributed by atoms with Gasteiger partial charge in [-0.2, -0.15) is 0 Å². The maximum absolute atomic E-state index is 12.3. The van der Waals surface area contributed by atoms with Gasteiger partial charge in [-0.15, -0.1) is 0 Å². The number of pyridine rings is 1. The van der Waals surface area contributed by atoms with Gasteiger partial charge >= 0.3 is 0 Å². The van der Waals surface area contributed by atoms with Crippen molar-refractivity contribution < 1.29 is 4.74 Å². The molecule has 2 aromatic rings. The first kappa shape index (κ1) is 12.7. The van der Waals surface area contributed by atoms with Crippen LogP contribution in [0.1, 0.15) is 32.0 Å². The van der Waals surface area contributed by atoms with Crippen LogP contribution in [0.5, 0.6) is 5.75 Å². The zero-order valence-electron chi connectivity index (χ0n) is 11.5. The third-order valence-electron chi connectivity index (χ3n) is 3.18. The number of aromatic nitrogens is 1. The van der Waals surface area contributed by atoms with Gasteiger partial charge in [-0.3, -0.25) is 4.79 Å². The van der Waals surface area contributed by atoms with Gasteiger partial charge in [-0.1, -0.05) is 26.8 Å². The molecule has 1 N–H and O–H groups in total. The number of rotatable bonds is 1. The van der Waals surface area contributed by atoms with Gasteiger partial charge in [0.05, 0.1) is 18.0 Å². The van der Waals surface area contributed by atoms with Crippen molar-refractivity contribution in [1.29, 1.82) is 0 Å². The van der Waals surface area contributed by atoms with Gasteiger partial charge in [-0.05, 0) is 18.6 Å². The van der Waals surface area contributed by atoms with Gasteiger partial charge in [0, 0.05) is 17.2 Å². The van der Waals surface area contributed by atoms with E-state index in [1.165, 1.54) is 0 Å². The fraction of sp³-hybridized carbons (Fsp3) is 0.400. The summed E-state index contributed by atoms with van der Waals surface area (Å²) in [6.45, 7) is 8.24. The number of hydrogen-bond acceptors (Lipinski definition) is 2. The lowest BCUT2D eigenvalue weighted by molar-refractivity contribution is 0.419. The normalized spacial score (nSPS) is 11.8. The second-order valence-corrected chi connectivity index (χ2v) is 5.63. The molecule has 3 nitrogen and oxygen atoms in total. The van der Waals surface area contributed by atoms with E-state index < -0.39 is 0 Å². The second-order valence-electron chi connectivity index (χ2n) is 5.63. The van der Waals surface area contributed by atoms with Crippen LogP contribution >= 0.6 is 0 Å². The molecular weight excluding hydrogens is 226 g/mol. The highest BCUT2D eigenvalue weighted by Crippen LogP contribution is 2.27. The summed E-state index contributed by atoms with van der Waals surface area (Å²) in [7, 11) is 1.58. The second kappa shape index (κ2) is 4.16. The van der Waals surface area contributed by atoms with Gasteiger partial charge in [0.25, 0.3) is 0 Å². The average molecular weight is 245 g/mol. The van der Waals surface area contributed by atoms with Crippen LogP contribution < -0.4 is 10.2 Å². The average Bonchev–Trinajstić information content (AvgIpc) is 2.29. The van der Waals surface area contributed by atoms with Crippen molar-refractivity contribution in [2.45, 2.75) is 33.1 Å². The summed E-state index contributed by atoms with van der Waals surface area (Å²) in [5.41, 5.74) is 2.79. The minimum absolute atomic E-state index is 0.00854. The van der Waals surface area contributed by atoms with Crippen LogP contribution in [0.3, 0.4) is 0 Å². The molecule has 0 aliphatic rings. The molecule has 0 bridgehead atoms. The summed E-state index contributed by atoms with van der Waals surface area (Å²) < 4.78 is 5.27. The summed E-state index contributed by atoms with van der Waals surface area (Å²) in [6.07, 6.45) is 0. The number of methoxy groups -OCH3 is 1. The third-order valence-corrected chi connectivity index (χ3v) is 3.18. The Labute approximate surface area is 107 Å². The van der Waals surface area contributed by atoms with Crippen molar-refractivity contribution in [3.05, 3.63) is 39.7 Å². The number of nitrogens with one attached hydrogen (secondary N) is 1. The standard InChI is InChI=1S/C15H19NO2/c1-9-6-7-11(18-5)13-10(17)8-12(15(2,3)4)16-14(9)13/h6-8H,1-5H3,(H,16,17). The molecule has 0 aliphatic carbocycles. The van der Waals surface area contributed by atoms with E-state index in [4.69, 9.17) is 4.74 Å². The predicted molar refractivity (Wildman–Crippen MR) is 74.6 cm³/mol. The molecule has 0 atom stereocenters. The molecule has 0 unspecified atom stereocenters. The lowest BCUT2D eigenvalue weighted by Gasteiger charge is -2.20. The third kappa shape index (κ3) is 2.01.